The van der Waals surface area contributed by atoms with Gasteiger partial charge in [-0.3, -0.25) is 0 Å². The molecule has 0 bridgehead atoms. The number of hydrogen-bond donors (Lipinski definition) is 0. The summed E-state index contributed by atoms with van der Waals surface area (Å²) in [6.45, 7) is 9.44. The van der Waals surface area contributed by atoms with Crippen LogP contribution in [-0.2, 0) is 0 Å². The Balaban J connectivity index is 2.34. The van der Waals surface area contributed by atoms with Crippen LogP contribution in [0.15, 0.2) is 12.4 Å². The van der Waals surface area contributed by atoms with Gasteiger partial charge in [-0.25, -0.2) is 3.51 Å². The summed E-state index contributed by atoms with van der Waals surface area (Å²) < 4.78 is 0.985. The van der Waals surface area contributed by atoms with Gasteiger partial charge in [-0.1, -0.05) is 181 Å². The van der Waals surface area contributed by atoms with Gasteiger partial charge < -0.3 is 4.90 Å². The van der Waals surface area contributed by atoms with Gasteiger partial charge in [0.05, 0.1) is 12.7 Å². The van der Waals surface area contributed by atoms with Crippen LogP contribution in [0.3, 0.4) is 0 Å². The Morgan fingerprint density at radius 1 is 0.463 bits per heavy atom. The Labute approximate surface area is 268 Å². The fraction of sp³-hybridized carbons (Fsp3) is 0.947. The predicted molar refractivity (Wildman–Crippen MR) is 189 cm³/mol. The minimum absolute atomic E-state index is 0.608. The van der Waals surface area contributed by atoms with E-state index in [-0.39, 0.29) is 0 Å². The monoisotopic (exact) mass is 640 g/mol. The average Bonchev–Trinajstić information content (AvgIpc) is 3.29. The van der Waals surface area contributed by atoms with Crippen LogP contribution >= 0.6 is 16.1 Å². The minimum atomic E-state index is 0.608. The molecule has 0 aliphatic carbocycles. The van der Waals surface area contributed by atoms with Crippen LogP contribution in [0.25, 0.3) is 0 Å². The number of halogens is 1. The highest BCUT2D eigenvalue weighted by Gasteiger charge is 2.41. The third kappa shape index (κ3) is 21.3. The molecule has 0 fully saturated rings. The van der Waals surface area contributed by atoms with E-state index in [9.17, 15) is 0 Å². The van der Waals surface area contributed by atoms with Crippen molar-refractivity contribution in [2.75, 3.05) is 13.1 Å². The van der Waals surface area contributed by atoms with Gasteiger partial charge in [-0.05, 0) is 25.7 Å². The van der Waals surface area contributed by atoms with E-state index in [0.29, 0.717) is 6.17 Å². The summed E-state index contributed by atoms with van der Waals surface area (Å²) in [6.07, 6.45) is 48.2. The van der Waals surface area contributed by atoms with Crippen molar-refractivity contribution in [1.82, 2.24) is 4.90 Å². The molecule has 0 saturated heterocycles. The van der Waals surface area contributed by atoms with Crippen LogP contribution in [0.5, 0.6) is 0 Å². The molecule has 0 aromatic carbocycles. The number of rotatable bonds is 32. The molecule has 1 heterocycles. The Bertz CT molecular complexity index is 564. The second-order valence-corrected chi connectivity index (χ2v) is 14.9. The van der Waals surface area contributed by atoms with Crippen molar-refractivity contribution in [2.24, 2.45) is 0 Å². The summed E-state index contributed by atoms with van der Waals surface area (Å²) >= 11 is 4.27. The number of quaternary nitrogens is 1. The van der Waals surface area contributed by atoms with Gasteiger partial charge in [0, 0.05) is 13.0 Å². The van der Waals surface area contributed by atoms with E-state index < -0.39 is 0 Å². The minimum Gasteiger partial charge on any atom is -0.323 e. The van der Waals surface area contributed by atoms with Gasteiger partial charge in [0.25, 0.3) is 0 Å². The van der Waals surface area contributed by atoms with Gasteiger partial charge in [-0.15, -0.1) is 0 Å². The summed E-state index contributed by atoms with van der Waals surface area (Å²) in [5, 5.41) is 0. The van der Waals surface area contributed by atoms with Gasteiger partial charge in [0.2, 0.25) is 16.1 Å². The molecule has 2 nitrogen and oxygen atoms in total. The molecule has 41 heavy (non-hydrogen) atoms. The lowest BCUT2D eigenvalue weighted by Crippen LogP contribution is -2.47. The SMILES string of the molecule is CCCCCCCCCCCCN1C=C[N+](Br)(CCCCCCCCCCCC)C1CCCCCCCCCCC. The molecule has 1 rings (SSSR count). The van der Waals surface area contributed by atoms with E-state index in [4.69, 9.17) is 0 Å². The molecule has 0 aromatic heterocycles. The third-order valence-corrected chi connectivity index (χ3v) is 10.6. The van der Waals surface area contributed by atoms with Crippen LogP contribution < -0.4 is 0 Å². The maximum Gasteiger partial charge on any atom is 0.234 e. The molecule has 0 spiro atoms. The quantitative estimate of drug-likeness (QED) is 0.0522. The van der Waals surface area contributed by atoms with Crippen molar-refractivity contribution in [2.45, 2.75) is 220 Å². The van der Waals surface area contributed by atoms with Gasteiger partial charge >= 0.3 is 0 Å². The zero-order valence-corrected chi connectivity index (χ0v) is 30.2. The first-order chi connectivity index (χ1) is 20.2. The van der Waals surface area contributed by atoms with Gasteiger partial charge in [0.1, 0.15) is 6.20 Å². The fourth-order valence-corrected chi connectivity index (χ4v) is 7.53. The standard InChI is InChI=1S/C38H76BrN2/c1-4-7-10-13-16-19-22-25-28-31-34-40-35-37-41(39,36-32-29-26-23-20-17-14-11-8-5-2)38(40)33-30-27-24-21-18-15-12-9-6-3/h35,37-38H,4-34,36H2,1-3H3/q+1. The molecule has 1 aliphatic heterocycles. The van der Waals surface area contributed by atoms with E-state index >= 15 is 0 Å². The average molecular weight is 641 g/mol. The molecular formula is C38H76BrN2+. The number of unbranched alkanes of at least 4 members (excludes halogenated alkanes) is 26. The maximum absolute atomic E-state index is 4.27. The van der Waals surface area contributed by atoms with Crippen LogP contribution in [0, 0.1) is 0 Å². The molecule has 0 radical (unpaired) electrons. The lowest BCUT2D eigenvalue weighted by atomic mass is 10.0. The molecule has 0 N–H and O–H groups in total. The van der Waals surface area contributed by atoms with Crippen molar-refractivity contribution in [3.63, 3.8) is 0 Å². The molecule has 244 valence electrons. The van der Waals surface area contributed by atoms with Gasteiger partial charge in [0.15, 0.2) is 6.17 Å². The number of nitrogens with zero attached hydrogens (tertiary/aromatic N) is 2. The Kier molecular flexibility index (Phi) is 27.3. The summed E-state index contributed by atoms with van der Waals surface area (Å²) in [7, 11) is 0. The molecule has 2 unspecified atom stereocenters. The van der Waals surface area contributed by atoms with Crippen molar-refractivity contribution in [1.29, 1.82) is 0 Å². The molecule has 0 saturated carbocycles. The summed E-state index contributed by atoms with van der Waals surface area (Å²) in [4.78, 5) is 2.72. The second-order valence-electron chi connectivity index (χ2n) is 13.6. The lowest BCUT2D eigenvalue weighted by Gasteiger charge is -2.35. The van der Waals surface area contributed by atoms with Crippen LogP contribution in [0.4, 0.5) is 0 Å². The van der Waals surface area contributed by atoms with Crippen LogP contribution in [0.1, 0.15) is 213 Å². The van der Waals surface area contributed by atoms with Crippen molar-refractivity contribution in [3.8, 4) is 0 Å². The zero-order chi connectivity index (χ0) is 29.7. The maximum atomic E-state index is 4.27. The first kappa shape index (κ1) is 39.0. The summed E-state index contributed by atoms with van der Waals surface area (Å²) in [5.74, 6) is 0. The van der Waals surface area contributed by atoms with Crippen LogP contribution in [0.2, 0.25) is 0 Å². The van der Waals surface area contributed by atoms with Crippen molar-refractivity contribution < 1.29 is 3.51 Å². The smallest absolute Gasteiger partial charge is 0.234 e. The number of hydrogen-bond acceptors (Lipinski definition) is 1. The third-order valence-electron chi connectivity index (χ3n) is 9.57. The molecule has 0 aromatic rings. The Morgan fingerprint density at radius 3 is 1.22 bits per heavy atom. The highest BCUT2D eigenvalue weighted by Crippen LogP contribution is 2.35. The predicted octanol–water partition coefficient (Wildman–Crippen LogP) is 14.0. The van der Waals surface area contributed by atoms with Crippen LogP contribution in [-0.4, -0.2) is 27.7 Å². The molecule has 2 atom stereocenters. The topological polar surface area (TPSA) is 3.24 Å². The van der Waals surface area contributed by atoms with E-state index in [2.05, 4.69) is 54.2 Å². The van der Waals surface area contributed by atoms with Crippen molar-refractivity contribution in [3.05, 3.63) is 12.4 Å². The van der Waals surface area contributed by atoms with E-state index in [1.807, 2.05) is 0 Å². The lowest BCUT2D eigenvalue weighted by molar-refractivity contribution is -0.760. The molecule has 1 aliphatic rings. The molecule has 0 amide bonds. The summed E-state index contributed by atoms with van der Waals surface area (Å²) in [5.41, 5.74) is 0. The second kappa shape index (κ2) is 28.7. The highest BCUT2D eigenvalue weighted by molar-refractivity contribution is 9.05. The van der Waals surface area contributed by atoms with Gasteiger partial charge in [-0.2, -0.15) is 0 Å². The Hall–Kier alpha value is -0.0200. The first-order valence-electron chi connectivity index (χ1n) is 19.2. The Morgan fingerprint density at radius 2 is 0.805 bits per heavy atom. The van der Waals surface area contributed by atoms with E-state index in [1.54, 1.807) is 0 Å². The normalized spacial score (nSPS) is 18.6. The molecule has 3 heteroatoms. The zero-order valence-electron chi connectivity index (χ0n) is 28.6. The highest BCUT2D eigenvalue weighted by atomic mass is 79.9. The summed E-state index contributed by atoms with van der Waals surface area (Å²) in [6, 6.07) is 0. The largest absolute Gasteiger partial charge is 0.323 e. The first-order valence-corrected chi connectivity index (χ1v) is 19.9. The van der Waals surface area contributed by atoms with Crippen molar-refractivity contribution >= 4 is 16.1 Å². The van der Waals surface area contributed by atoms with E-state index in [1.165, 1.54) is 206 Å². The van der Waals surface area contributed by atoms with E-state index in [0.717, 1.165) is 3.51 Å². The molecular weight excluding hydrogens is 564 g/mol. The fourth-order valence-electron chi connectivity index (χ4n) is 6.73.